The molecule has 0 spiro atoms. The van der Waals surface area contributed by atoms with Gasteiger partial charge in [-0.05, 0) is 77.5 Å². The minimum Gasteiger partial charge on any atom is -0.256 e. The van der Waals surface area contributed by atoms with Gasteiger partial charge in [0.25, 0.3) is 0 Å². The maximum atomic E-state index is 9.02. The van der Waals surface area contributed by atoms with Crippen LogP contribution in [0.5, 0.6) is 0 Å². The third-order valence-electron chi connectivity index (χ3n) is 5.60. The lowest BCUT2D eigenvalue weighted by molar-refractivity contribution is 1.33. The van der Waals surface area contributed by atoms with Gasteiger partial charge in [0.1, 0.15) is 0 Å². The number of rotatable bonds is 2. The molecule has 0 aliphatic rings. The first-order valence-electron chi connectivity index (χ1n) is 10.0. The van der Waals surface area contributed by atoms with Crippen molar-refractivity contribution in [1.82, 2.24) is 4.98 Å². The van der Waals surface area contributed by atoms with E-state index in [0.717, 1.165) is 22.4 Å². The number of nitriles is 1. The molecule has 0 fully saturated rings. The molecule has 0 N–H and O–H groups in total. The van der Waals surface area contributed by atoms with Crippen LogP contribution < -0.4 is 0 Å². The van der Waals surface area contributed by atoms with E-state index in [2.05, 4.69) is 74.5 Å². The third kappa shape index (κ3) is 3.11. The van der Waals surface area contributed by atoms with Crippen LogP contribution in [0.2, 0.25) is 0 Å². The number of hydrogen-bond donors (Lipinski definition) is 0. The fourth-order valence-electron chi connectivity index (χ4n) is 4.25. The molecule has 0 aliphatic heterocycles. The van der Waals surface area contributed by atoms with Gasteiger partial charge in [-0.1, -0.05) is 53.6 Å². The molecule has 1 aromatic heterocycles. The Labute approximate surface area is 176 Å². The van der Waals surface area contributed by atoms with E-state index in [9.17, 15) is 0 Å². The molecule has 0 unspecified atom stereocenters. The van der Waals surface area contributed by atoms with Crippen LogP contribution in [0.4, 0.5) is 0 Å². The average Bonchev–Trinajstić information content (AvgIpc) is 2.77. The molecule has 5 aromatic rings. The van der Waals surface area contributed by atoms with Crippen molar-refractivity contribution in [3.8, 4) is 28.5 Å². The maximum Gasteiger partial charge on any atom is 0.0991 e. The number of benzene rings is 4. The highest BCUT2D eigenvalue weighted by atomic mass is 14.7. The minimum atomic E-state index is 0.678. The van der Waals surface area contributed by atoms with Crippen molar-refractivity contribution in [3.63, 3.8) is 0 Å². The molecule has 0 bridgehead atoms. The number of aryl methyl sites for hydroxylation is 2. The van der Waals surface area contributed by atoms with Crippen LogP contribution in [0.1, 0.15) is 16.7 Å². The minimum absolute atomic E-state index is 0.678. The fourth-order valence-corrected chi connectivity index (χ4v) is 4.25. The van der Waals surface area contributed by atoms with Gasteiger partial charge in [-0.15, -0.1) is 0 Å². The van der Waals surface area contributed by atoms with Gasteiger partial charge in [-0.3, -0.25) is 4.98 Å². The zero-order valence-corrected chi connectivity index (χ0v) is 17.0. The summed E-state index contributed by atoms with van der Waals surface area (Å²) in [6, 6.07) is 29.5. The third-order valence-corrected chi connectivity index (χ3v) is 5.60. The predicted molar refractivity (Wildman–Crippen MR) is 124 cm³/mol. The van der Waals surface area contributed by atoms with Crippen LogP contribution in [-0.2, 0) is 0 Å². The van der Waals surface area contributed by atoms with Crippen molar-refractivity contribution in [2.45, 2.75) is 13.8 Å². The Morgan fingerprint density at radius 2 is 1.33 bits per heavy atom. The molecule has 4 aromatic carbocycles. The second-order valence-electron chi connectivity index (χ2n) is 7.82. The quantitative estimate of drug-likeness (QED) is 0.301. The second-order valence-corrected chi connectivity index (χ2v) is 7.82. The second kappa shape index (κ2) is 7.13. The van der Waals surface area contributed by atoms with Crippen LogP contribution in [0.25, 0.3) is 43.9 Å². The molecular formula is C28H20N2. The number of nitrogens with zero attached hydrogens (tertiary/aromatic N) is 2. The topological polar surface area (TPSA) is 36.7 Å². The van der Waals surface area contributed by atoms with E-state index >= 15 is 0 Å². The number of fused-ring (bicyclic) bond motifs is 3. The van der Waals surface area contributed by atoms with Crippen molar-refractivity contribution in [1.29, 1.82) is 5.26 Å². The average molecular weight is 384 g/mol. The summed E-state index contributed by atoms with van der Waals surface area (Å²) in [6.45, 7) is 4.25. The molecule has 2 nitrogen and oxygen atoms in total. The van der Waals surface area contributed by atoms with Crippen molar-refractivity contribution in [2.75, 3.05) is 0 Å². The Balaban J connectivity index is 1.68. The lowest BCUT2D eigenvalue weighted by Gasteiger charge is -2.11. The van der Waals surface area contributed by atoms with Gasteiger partial charge in [0.2, 0.25) is 0 Å². The van der Waals surface area contributed by atoms with Crippen LogP contribution in [-0.4, -0.2) is 4.98 Å². The van der Waals surface area contributed by atoms with Gasteiger partial charge < -0.3 is 0 Å². The van der Waals surface area contributed by atoms with E-state index in [1.165, 1.54) is 32.7 Å². The highest BCUT2D eigenvalue weighted by molar-refractivity contribution is 6.11. The fraction of sp³-hybridized carbons (Fsp3) is 0.0714. The zero-order chi connectivity index (χ0) is 20.7. The molecule has 30 heavy (non-hydrogen) atoms. The molecule has 0 radical (unpaired) electrons. The van der Waals surface area contributed by atoms with Crippen LogP contribution in [0, 0.1) is 25.2 Å². The summed E-state index contributed by atoms with van der Waals surface area (Å²) >= 11 is 0. The number of pyridine rings is 1. The first-order chi connectivity index (χ1) is 14.6. The highest BCUT2D eigenvalue weighted by Gasteiger charge is 2.10. The monoisotopic (exact) mass is 384 g/mol. The Hall–Kier alpha value is -3.96. The van der Waals surface area contributed by atoms with E-state index in [-0.39, 0.29) is 0 Å². The van der Waals surface area contributed by atoms with Crippen molar-refractivity contribution >= 4 is 21.5 Å². The van der Waals surface area contributed by atoms with Crippen LogP contribution in [0.15, 0.2) is 85.1 Å². The van der Waals surface area contributed by atoms with Crippen LogP contribution >= 0.6 is 0 Å². The normalized spacial score (nSPS) is 11.0. The van der Waals surface area contributed by atoms with E-state index in [1.807, 2.05) is 30.5 Å². The highest BCUT2D eigenvalue weighted by Crippen LogP contribution is 2.34. The Morgan fingerprint density at radius 1 is 0.633 bits per heavy atom. The molecule has 0 saturated heterocycles. The summed E-state index contributed by atoms with van der Waals surface area (Å²) in [6.07, 6.45) is 1.91. The van der Waals surface area contributed by atoms with Gasteiger partial charge in [-0.2, -0.15) is 5.26 Å². The van der Waals surface area contributed by atoms with Gasteiger partial charge in [0.15, 0.2) is 0 Å². The lowest BCUT2D eigenvalue weighted by Crippen LogP contribution is -1.89. The van der Waals surface area contributed by atoms with E-state index in [0.29, 0.717) is 5.56 Å². The van der Waals surface area contributed by atoms with Gasteiger partial charge in [-0.25, -0.2) is 0 Å². The van der Waals surface area contributed by atoms with Crippen molar-refractivity contribution in [2.24, 2.45) is 0 Å². The molecule has 142 valence electrons. The van der Waals surface area contributed by atoms with Gasteiger partial charge in [0, 0.05) is 17.1 Å². The summed E-state index contributed by atoms with van der Waals surface area (Å²) in [5.74, 6) is 0. The van der Waals surface area contributed by atoms with E-state index in [4.69, 9.17) is 10.2 Å². The van der Waals surface area contributed by atoms with Crippen molar-refractivity contribution < 1.29 is 0 Å². The predicted octanol–water partition coefficient (Wildman–Crippen LogP) is 7.21. The number of aromatic nitrogens is 1. The Morgan fingerprint density at radius 3 is 2.07 bits per heavy atom. The molecule has 0 saturated carbocycles. The molecule has 2 heteroatoms. The van der Waals surface area contributed by atoms with E-state index < -0.39 is 0 Å². The first kappa shape index (κ1) is 18.1. The van der Waals surface area contributed by atoms with Crippen molar-refractivity contribution in [3.05, 3.63) is 102 Å². The summed E-state index contributed by atoms with van der Waals surface area (Å²) in [5, 5.41) is 13.8. The molecular weight excluding hydrogens is 364 g/mol. The SMILES string of the molecule is Cc1cc(C)cc(-c2nccc3c2ccc2cc(-c4ccc(C#N)cc4)ccc23)c1. The zero-order valence-electron chi connectivity index (χ0n) is 17.0. The Kier molecular flexibility index (Phi) is 4.30. The molecule has 0 amide bonds. The van der Waals surface area contributed by atoms with Crippen LogP contribution in [0.3, 0.4) is 0 Å². The number of hydrogen-bond acceptors (Lipinski definition) is 2. The van der Waals surface area contributed by atoms with Gasteiger partial charge >= 0.3 is 0 Å². The Bertz CT molecular complexity index is 1430. The smallest absolute Gasteiger partial charge is 0.0991 e. The summed E-state index contributed by atoms with van der Waals surface area (Å²) in [4.78, 5) is 4.72. The summed E-state index contributed by atoms with van der Waals surface area (Å²) in [7, 11) is 0. The molecule has 1 heterocycles. The summed E-state index contributed by atoms with van der Waals surface area (Å²) < 4.78 is 0. The largest absolute Gasteiger partial charge is 0.256 e. The van der Waals surface area contributed by atoms with Gasteiger partial charge in [0.05, 0.1) is 17.3 Å². The first-order valence-corrected chi connectivity index (χ1v) is 10.0. The molecule has 0 aliphatic carbocycles. The standard InChI is InChI=1S/C28H20N2/c1-18-13-19(2)15-24(14-18)28-27-10-8-23-16-22(21-5-3-20(17-29)4-6-21)7-9-25(23)26(27)11-12-30-28/h3-16H,1-2H3. The maximum absolute atomic E-state index is 9.02. The molecule has 5 rings (SSSR count). The molecule has 0 atom stereocenters. The lowest BCUT2D eigenvalue weighted by atomic mass is 9.95. The summed E-state index contributed by atoms with van der Waals surface area (Å²) in [5.41, 5.74) is 7.62. The van der Waals surface area contributed by atoms with E-state index in [1.54, 1.807) is 0 Å².